The van der Waals surface area contributed by atoms with E-state index in [0.29, 0.717) is 0 Å². The van der Waals surface area contributed by atoms with E-state index in [0.717, 1.165) is 0 Å². The molecule has 5 heteroatoms. The van der Waals surface area contributed by atoms with E-state index in [1.165, 1.54) is 6.92 Å². The number of ether oxygens (including phenoxy) is 1. The van der Waals surface area contributed by atoms with Gasteiger partial charge in [0.25, 0.3) is 0 Å². The van der Waals surface area contributed by atoms with Crippen LogP contribution in [0.25, 0.3) is 0 Å². The summed E-state index contributed by atoms with van der Waals surface area (Å²) in [6.07, 6.45) is -1.01. The van der Waals surface area contributed by atoms with Crippen molar-refractivity contribution in [1.29, 1.82) is 0 Å². The molecule has 0 amide bonds. The first-order valence-electron chi connectivity index (χ1n) is 2.67. The Balaban J connectivity index is 3.81. The largest absolute Gasteiger partial charge is 0.394 e. The van der Waals surface area contributed by atoms with Crippen molar-refractivity contribution in [2.75, 3.05) is 0 Å². The van der Waals surface area contributed by atoms with E-state index >= 15 is 0 Å². The van der Waals surface area contributed by atoms with Crippen LogP contribution >= 0.6 is 0 Å². The topological polar surface area (TPSA) is 89.6 Å². The molecule has 0 unspecified atom stereocenters. The van der Waals surface area contributed by atoms with E-state index in [1.807, 2.05) is 0 Å². The minimum absolute atomic E-state index is 0.0232. The first-order chi connectivity index (χ1) is 4.59. The zero-order valence-corrected chi connectivity index (χ0v) is 5.48. The normalized spacial score (nSPS) is 15.5. The predicted molar refractivity (Wildman–Crippen MR) is 31.8 cm³/mol. The lowest BCUT2D eigenvalue weighted by atomic mass is 10.2. The summed E-state index contributed by atoms with van der Waals surface area (Å²) in [4.78, 5) is 20.0. The van der Waals surface area contributed by atoms with Gasteiger partial charge in [-0.15, -0.1) is 0 Å². The summed E-state index contributed by atoms with van der Waals surface area (Å²) in [6.45, 7) is 1.31. The maximum absolute atomic E-state index is 10.4. The van der Waals surface area contributed by atoms with Crippen LogP contribution in [0.2, 0.25) is 0 Å². The number of hydrogen-bond donors (Lipinski definition) is 2. The molecule has 0 heterocycles. The van der Waals surface area contributed by atoms with Crippen LogP contribution in [0.5, 0.6) is 0 Å². The molecule has 0 aliphatic carbocycles. The quantitative estimate of drug-likeness (QED) is 0.285. The van der Waals surface area contributed by atoms with Gasteiger partial charge in [-0.3, -0.25) is 4.79 Å². The molecule has 0 fully saturated rings. The van der Waals surface area contributed by atoms with Crippen molar-refractivity contribution in [3.63, 3.8) is 0 Å². The molecule has 0 saturated carbocycles. The molecule has 0 rings (SSSR count). The molecule has 58 valence electrons. The molecule has 3 N–H and O–H groups in total. The second-order valence-electron chi connectivity index (χ2n) is 1.80. The third-order valence-electron chi connectivity index (χ3n) is 0.956. The van der Waals surface area contributed by atoms with Crippen LogP contribution in [-0.2, 0) is 14.3 Å². The van der Waals surface area contributed by atoms with E-state index in [2.05, 4.69) is 4.74 Å². The number of nitrogens with two attached hydrogens (primary N) is 1. The lowest BCUT2D eigenvalue weighted by Crippen LogP contribution is -2.41. The van der Waals surface area contributed by atoms with E-state index in [-0.39, 0.29) is 6.47 Å². The fourth-order valence-corrected chi connectivity index (χ4v) is 0.323. The van der Waals surface area contributed by atoms with Crippen LogP contribution in [0.4, 0.5) is 0 Å². The van der Waals surface area contributed by atoms with Crippen molar-refractivity contribution < 1.29 is 19.4 Å². The van der Waals surface area contributed by atoms with Gasteiger partial charge in [-0.2, -0.15) is 0 Å². The Bertz CT molecular complexity index is 134. The van der Waals surface area contributed by atoms with Gasteiger partial charge in [0, 0.05) is 0 Å². The Labute approximate surface area is 57.8 Å². The van der Waals surface area contributed by atoms with Crippen molar-refractivity contribution in [1.82, 2.24) is 0 Å². The van der Waals surface area contributed by atoms with Gasteiger partial charge in [0.05, 0.1) is 6.10 Å². The number of carbonyl (C=O) groups excluding carboxylic acids is 2. The van der Waals surface area contributed by atoms with Gasteiger partial charge in [0.15, 0.2) is 0 Å². The third-order valence-corrected chi connectivity index (χ3v) is 0.956. The highest BCUT2D eigenvalue weighted by Crippen LogP contribution is 1.90. The highest BCUT2D eigenvalue weighted by Gasteiger charge is 2.19. The lowest BCUT2D eigenvalue weighted by molar-refractivity contribution is -0.154. The van der Waals surface area contributed by atoms with Gasteiger partial charge in [0.2, 0.25) is 0 Å². The van der Waals surface area contributed by atoms with E-state index in [1.54, 1.807) is 0 Å². The molecule has 0 aliphatic rings. The molecular formula is C5H9NO4. The summed E-state index contributed by atoms with van der Waals surface area (Å²) in [7, 11) is 0. The Morgan fingerprint density at radius 2 is 2.30 bits per heavy atom. The van der Waals surface area contributed by atoms with Gasteiger partial charge in [-0.05, 0) is 6.92 Å². The molecule has 2 atom stereocenters. The average Bonchev–Trinajstić information content (AvgIpc) is 1.87. The molecular weight excluding hydrogens is 138 g/mol. The van der Waals surface area contributed by atoms with E-state index in [4.69, 9.17) is 10.8 Å². The van der Waals surface area contributed by atoms with Crippen LogP contribution in [0.15, 0.2) is 0 Å². The standard InChI is InChI=1S/C5H9NO4/c1-3(8)4(6)5(9)10-2-7/h2-4,8H,6H2,1H3/t3-,4+/m1/s1. The molecule has 0 aromatic carbocycles. The van der Waals surface area contributed by atoms with Gasteiger partial charge in [0.1, 0.15) is 6.04 Å². The zero-order chi connectivity index (χ0) is 8.15. The van der Waals surface area contributed by atoms with Crippen molar-refractivity contribution in [2.24, 2.45) is 5.73 Å². The van der Waals surface area contributed by atoms with Crippen LogP contribution in [0, 0.1) is 0 Å². The molecule has 0 aliphatic heterocycles. The number of aliphatic hydroxyl groups excluding tert-OH is 1. The number of rotatable bonds is 3. The predicted octanol–water partition coefficient (Wildman–Crippen LogP) is -1.61. The minimum Gasteiger partial charge on any atom is -0.394 e. The lowest BCUT2D eigenvalue weighted by Gasteiger charge is -2.09. The van der Waals surface area contributed by atoms with Crippen molar-refractivity contribution in [2.45, 2.75) is 19.1 Å². The molecule has 0 spiro atoms. The molecule has 5 nitrogen and oxygen atoms in total. The summed E-state index contributed by atoms with van der Waals surface area (Å²) in [5.41, 5.74) is 5.06. The Hall–Kier alpha value is -0.940. The van der Waals surface area contributed by atoms with Crippen LogP contribution < -0.4 is 5.73 Å². The SMILES string of the molecule is C[C@@H](O)[C@H](N)C(=O)OC=O. The van der Waals surface area contributed by atoms with Crippen molar-refractivity contribution >= 4 is 12.4 Å². The second kappa shape index (κ2) is 3.97. The average molecular weight is 147 g/mol. The van der Waals surface area contributed by atoms with Crippen LogP contribution in [-0.4, -0.2) is 29.7 Å². The fourth-order valence-electron chi connectivity index (χ4n) is 0.323. The smallest absolute Gasteiger partial charge is 0.333 e. The number of carbonyl (C=O) groups is 2. The summed E-state index contributed by atoms with van der Waals surface area (Å²) in [5, 5.41) is 8.68. The summed E-state index contributed by atoms with van der Waals surface area (Å²) in [5.74, 6) is -0.926. The van der Waals surface area contributed by atoms with Crippen LogP contribution in [0.1, 0.15) is 6.92 Å². The van der Waals surface area contributed by atoms with Crippen molar-refractivity contribution in [3.05, 3.63) is 0 Å². The Morgan fingerprint density at radius 3 is 2.60 bits per heavy atom. The summed E-state index contributed by atoms with van der Waals surface area (Å²) >= 11 is 0. The third kappa shape index (κ3) is 2.56. The molecule has 0 aromatic rings. The Morgan fingerprint density at radius 1 is 1.80 bits per heavy atom. The molecule has 10 heavy (non-hydrogen) atoms. The van der Waals surface area contributed by atoms with E-state index < -0.39 is 18.1 Å². The van der Waals surface area contributed by atoms with Gasteiger partial charge < -0.3 is 15.6 Å². The highest BCUT2D eigenvalue weighted by atomic mass is 16.6. The molecule has 0 saturated heterocycles. The number of aliphatic hydroxyl groups is 1. The molecule has 0 aromatic heterocycles. The second-order valence-corrected chi connectivity index (χ2v) is 1.80. The van der Waals surface area contributed by atoms with Gasteiger partial charge in [-0.1, -0.05) is 0 Å². The first kappa shape index (κ1) is 9.06. The summed E-state index contributed by atoms with van der Waals surface area (Å²) in [6, 6.07) is -1.15. The van der Waals surface area contributed by atoms with E-state index in [9.17, 15) is 9.59 Å². The van der Waals surface area contributed by atoms with Gasteiger partial charge >= 0.3 is 12.4 Å². The molecule has 0 bridgehead atoms. The molecule has 0 radical (unpaired) electrons. The summed E-state index contributed by atoms with van der Waals surface area (Å²) < 4.78 is 3.86. The Kier molecular flexibility index (Phi) is 3.60. The minimum atomic E-state index is -1.15. The van der Waals surface area contributed by atoms with Gasteiger partial charge in [-0.25, -0.2) is 4.79 Å². The maximum Gasteiger partial charge on any atom is 0.333 e. The first-order valence-corrected chi connectivity index (χ1v) is 2.67. The zero-order valence-electron chi connectivity index (χ0n) is 5.48. The monoisotopic (exact) mass is 147 g/mol. The fraction of sp³-hybridized carbons (Fsp3) is 0.600. The maximum atomic E-state index is 10.4. The van der Waals surface area contributed by atoms with Crippen molar-refractivity contribution in [3.8, 4) is 0 Å². The van der Waals surface area contributed by atoms with Crippen LogP contribution in [0.3, 0.4) is 0 Å². The number of esters is 1. The number of hydrogen-bond acceptors (Lipinski definition) is 5. The highest BCUT2D eigenvalue weighted by molar-refractivity contribution is 5.81.